The highest BCUT2D eigenvalue weighted by Gasteiger charge is 2.25. The molecule has 0 rings (SSSR count). The van der Waals surface area contributed by atoms with E-state index in [-0.39, 0.29) is 12.2 Å². The molecule has 7 nitrogen and oxygen atoms in total. The molecule has 104 valence electrons. The summed E-state index contributed by atoms with van der Waals surface area (Å²) in [5.74, 6) is 0. The summed E-state index contributed by atoms with van der Waals surface area (Å²) in [5.41, 5.74) is 2.17. The van der Waals surface area contributed by atoms with E-state index in [4.69, 9.17) is 9.47 Å². The van der Waals surface area contributed by atoms with Crippen molar-refractivity contribution in [3.63, 3.8) is 0 Å². The first-order valence-electron chi connectivity index (χ1n) is 5.70. The van der Waals surface area contributed by atoms with Gasteiger partial charge >= 0.3 is 12.2 Å². The van der Waals surface area contributed by atoms with Gasteiger partial charge in [0.1, 0.15) is 12.3 Å². The molecule has 0 saturated carbocycles. The first kappa shape index (κ1) is 16.2. The summed E-state index contributed by atoms with van der Waals surface area (Å²) in [5, 5.41) is 0.789. The van der Waals surface area contributed by atoms with Gasteiger partial charge in [0.25, 0.3) is 0 Å². The lowest BCUT2D eigenvalue weighted by Crippen LogP contribution is -2.52. The number of amides is 2. The number of hydrogen-bond donors (Lipinski definition) is 1. The van der Waals surface area contributed by atoms with E-state index in [0.29, 0.717) is 6.29 Å². The highest BCUT2D eigenvalue weighted by Crippen LogP contribution is 2.01. The fourth-order valence-corrected chi connectivity index (χ4v) is 0.972. The molecule has 0 aromatic carbocycles. The Morgan fingerprint density at radius 3 is 1.94 bits per heavy atom. The average Bonchev–Trinajstić information content (AvgIpc) is 2.22. The molecule has 0 heterocycles. The smallest absolute Gasteiger partial charge is 0.429 e. The summed E-state index contributed by atoms with van der Waals surface area (Å²) in [6, 6.07) is -0.851. The maximum Gasteiger partial charge on any atom is 0.429 e. The molecule has 0 bridgehead atoms. The van der Waals surface area contributed by atoms with E-state index in [9.17, 15) is 14.4 Å². The Bertz CT molecular complexity index is 304. The second kappa shape index (κ2) is 7.52. The van der Waals surface area contributed by atoms with Crippen molar-refractivity contribution in [1.82, 2.24) is 10.4 Å². The molecule has 0 aromatic heterocycles. The average molecular weight is 260 g/mol. The fraction of sp³-hybridized carbons (Fsp3) is 0.727. The zero-order chi connectivity index (χ0) is 14.3. The third-order valence-corrected chi connectivity index (χ3v) is 1.69. The van der Waals surface area contributed by atoms with Crippen molar-refractivity contribution in [2.24, 2.45) is 0 Å². The van der Waals surface area contributed by atoms with Crippen LogP contribution in [0.15, 0.2) is 0 Å². The number of carbonyl (C=O) groups excluding carboxylic acids is 3. The summed E-state index contributed by atoms with van der Waals surface area (Å²) in [4.78, 5) is 33.7. The summed E-state index contributed by atoms with van der Waals surface area (Å²) < 4.78 is 9.71. The topological polar surface area (TPSA) is 84.9 Å². The molecule has 1 atom stereocenters. The van der Waals surface area contributed by atoms with Gasteiger partial charge < -0.3 is 14.3 Å². The van der Waals surface area contributed by atoms with Crippen LogP contribution in [0.1, 0.15) is 34.6 Å². The standard InChI is InChI=1S/C11H20N2O5/c1-7(2)17-10(15)12-13(9(5)6-14)11(16)18-8(3)4/h6-9H,1-5H3,(H,12,15)/t9-/m1/s1. The van der Waals surface area contributed by atoms with Gasteiger partial charge in [-0.25, -0.2) is 20.0 Å². The van der Waals surface area contributed by atoms with Crippen LogP contribution in [0, 0.1) is 0 Å². The molecule has 0 aliphatic rings. The van der Waals surface area contributed by atoms with E-state index in [2.05, 4.69) is 5.43 Å². The third-order valence-electron chi connectivity index (χ3n) is 1.69. The van der Waals surface area contributed by atoms with E-state index >= 15 is 0 Å². The Morgan fingerprint density at radius 1 is 1.06 bits per heavy atom. The van der Waals surface area contributed by atoms with Gasteiger partial charge in [-0.05, 0) is 34.6 Å². The summed E-state index contributed by atoms with van der Waals surface area (Å²) in [7, 11) is 0. The Morgan fingerprint density at radius 2 is 1.56 bits per heavy atom. The predicted octanol–water partition coefficient (Wildman–Crippen LogP) is 1.47. The fourth-order valence-electron chi connectivity index (χ4n) is 0.972. The molecule has 1 N–H and O–H groups in total. The number of rotatable bonds is 4. The molecule has 2 amide bonds. The van der Waals surface area contributed by atoms with Gasteiger partial charge in [0.15, 0.2) is 0 Å². The monoisotopic (exact) mass is 260 g/mol. The lowest BCUT2D eigenvalue weighted by molar-refractivity contribution is -0.112. The van der Waals surface area contributed by atoms with Crippen molar-refractivity contribution in [1.29, 1.82) is 0 Å². The highest BCUT2D eigenvalue weighted by molar-refractivity contribution is 5.77. The van der Waals surface area contributed by atoms with Gasteiger partial charge in [0, 0.05) is 0 Å². The van der Waals surface area contributed by atoms with Crippen LogP contribution in [0.25, 0.3) is 0 Å². The first-order valence-corrected chi connectivity index (χ1v) is 5.70. The number of aldehydes is 1. The zero-order valence-corrected chi connectivity index (χ0v) is 11.3. The minimum Gasteiger partial charge on any atom is -0.446 e. The van der Waals surface area contributed by atoms with Crippen LogP contribution in [0.5, 0.6) is 0 Å². The number of nitrogens with zero attached hydrogens (tertiary/aromatic N) is 1. The molecule has 18 heavy (non-hydrogen) atoms. The van der Waals surface area contributed by atoms with Crippen molar-refractivity contribution in [3.05, 3.63) is 0 Å². The van der Waals surface area contributed by atoms with Crippen molar-refractivity contribution < 1.29 is 23.9 Å². The van der Waals surface area contributed by atoms with Gasteiger partial charge in [0.2, 0.25) is 0 Å². The number of hydrazine groups is 1. The lowest BCUT2D eigenvalue weighted by atomic mass is 10.4. The summed E-state index contributed by atoms with van der Waals surface area (Å²) in [6.45, 7) is 8.10. The molecule has 0 radical (unpaired) electrons. The van der Waals surface area contributed by atoms with Crippen molar-refractivity contribution in [2.75, 3.05) is 0 Å². The number of hydrogen-bond acceptors (Lipinski definition) is 5. The van der Waals surface area contributed by atoms with Crippen LogP contribution in [0.4, 0.5) is 9.59 Å². The van der Waals surface area contributed by atoms with E-state index in [0.717, 1.165) is 5.01 Å². The molecular formula is C11H20N2O5. The minimum absolute atomic E-state index is 0.334. The van der Waals surface area contributed by atoms with Gasteiger partial charge in [-0.15, -0.1) is 0 Å². The highest BCUT2D eigenvalue weighted by atomic mass is 16.6. The number of ether oxygens (including phenoxy) is 2. The molecule has 7 heteroatoms. The minimum atomic E-state index is -0.851. The van der Waals surface area contributed by atoms with E-state index in [1.165, 1.54) is 6.92 Å². The molecular weight excluding hydrogens is 240 g/mol. The Labute approximate surface area is 106 Å². The van der Waals surface area contributed by atoms with Crippen LogP contribution in [-0.4, -0.2) is 41.7 Å². The van der Waals surface area contributed by atoms with Gasteiger partial charge in [-0.3, -0.25) is 0 Å². The van der Waals surface area contributed by atoms with Gasteiger partial charge in [-0.2, -0.15) is 0 Å². The third kappa shape index (κ3) is 6.07. The van der Waals surface area contributed by atoms with Crippen molar-refractivity contribution in [2.45, 2.75) is 52.9 Å². The summed E-state index contributed by atoms with van der Waals surface area (Å²) in [6.07, 6.45) is -1.82. The Kier molecular flexibility index (Phi) is 6.77. The van der Waals surface area contributed by atoms with Crippen LogP contribution >= 0.6 is 0 Å². The van der Waals surface area contributed by atoms with Crippen LogP contribution in [0.2, 0.25) is 0 Å². The number of nitrogens with one attached hydrogen (secondary N) is 1. The normalized spacial score (nSPS) is 11.9. The van der Waals surface area contributed by atoms with E-state index in [1.807, 2.05) is 0 Å². The Balaban J connectivity index is 4.63. The molecule has 0 unspecified atom stereocenters. The molecule has 0 fully saturated rings. The van der Waals surface area contributed by atoms with Gasteiger partial charge in [-0.1, -0.05) is 0 Å². The van der Waals surface area contributed by atoms with Crippen LogP contribution in [-0.2, 0) is 14.3 Å². The molecule has 0 saturated heterocycles. The van der Waals surface area contributed by atoms with Crippen LogP contribution < -0.4 is 5.43 Å². The van der Waals surface area contributed by atoms with E-state index < -0.39 is 18.2 Å². The first-order chi connectivity index (χ1) is 8.27. The summed E-state index contributed by atoms with van der Waals surface area (Å²) >= 11 is 0. The second-order valence-electron chi connectivity index (χ2n) is 4.25. The quantitative estimate of drug-likeness (QED) is 0.611. The molecule has 0 aliphatic carbocycles. The molecule has 0 aliphatic heterocycles. The predicted molar refractivity (Wildman–Crippen MR) is 63.7 cm³/mol. The van der Waals surface area contributed by atoms with Crippen molar-refractivity contribution in [3.8, 4) is 0 Å². The number of carbonyl (C=O) groups is 3. The largest absolute Gasteiger partial charge is 0.446 e. The van der Waals surface area contributed by atoms with Gasteiger partial charge in [0.05, 0.1) is 12.2 Å². The molecule has 0 aromatic rings. The maximum atomic E-state index is 11.6. The SMILES string of the molecule is CC(C)OC(=O)NN(C(=O)OC(C)C)[C@H](C)C=O. The van der Waals surface area contributed by atoms with Crippen LogP contribution in [0.3, 0.4) is 0 Å². The zero-order valence-electron chi connectivity index (χ0n) is 11.3. The Hall–Kier alpha value is -1.79. The van der Waals surface area contributed by atoms with Crippen molar-refractivity contribution >= 4 is 18.5 Å². The maximum absolute atomic E-state index is 11.6. The van der Waals surface area contributed by atoms with E-state index in [1.54, 1.807) is 27.7 Å². The lowest BCUT2D eigenvalue weighted by Gasteiger charge is -2.26. The second-order valence-corrected chi connectivity index (χ2v) is 4.25. The molecule has 0 spiro atoms.